The number of carbonyl (C=O) groups excluding carboxylic acids is 2. The molecule has 2 amide bonds. The molecule has 0 unspecified atom stereocenters. The van der Waals surface area contributed by atoms with Crippen LogP contribution in [0.25, 0.3) is 0 Å². The van der Waals surface area contributed by atoms with Crippen molar-refractivity contribution in [3.63, 3.8) is 0 Å². The van der Waals surface area contributed by atoms with Gasteiger partial charge in [0.15, 0.2) is 0 Å². The number of hydrogen-bond donors (Lipinski definition) is 0. The Morgan fingerprint density at radius 2 is 2.05 bits per heavy atom. The quantitative estimate of drug-likeness (QED) is 0.788. The first-order valence-electron chi connectivity index (χ1n) is 7.23. The molecule has 2 aliphatic rings. The van der Waals surface area contributed by atoms with E-state index in [1.165, 1.54) is 0 Å². The van der Waals surface area contributed by atoms with Gasteiger partial charge in [0.2, 0.25) is 11.8 Å². The van der Waals surface area contributed by atoms with Gasteiger partial charge in [0, 0.05) is 24.7 Å². The van der Waals surface area contributed by atoms with E-state index in [9.17, 15) is 9.59 Å². The van der Waals surface area contributed by atoms with Crippen molar-refractivity contribution in [2.45, 2.75) is 25.3 Å². The molecule has 5 nitrogen and oxygen atoms in total. The van der Waals surface area contributed by atoms with Gasteiger partial charge >= 0.3 is 0 Å². The maximum Gasteiger partial charge on any atom is 0.229 e. The van der Waals surface area contributed by atoms with E-state index in [0.29, 0.717) is 6.54 Å². The van der Waals surface area contributed by atoms with Crippen LogP contribution in [0.1, 0.15) is 19.3 Å². The molecule has 1 aromatic rings. The van der Waals surface area contributed by atoms with Gasteiger partial charge in [-0.15, -0.1) is 0 Å². The summed E-state index contributed by atoms with van der Waals surface area (Å²) in [6.07, 6.45) is 2.18. The van der Waals surface area contributed by atoms with E-state index in [1.54, 1.807) is 9.80 Å². The lowest BCUT2D eigenvalue weighted by Crippen LogP contribution is -2.39. The number of nitriles is 1. The topological polar surface area (TPSA) is 64.4 Å². The van der Waals surface area contributed by atoms with Gasteiger partial charge in [0.05, 0.1) is 12.0 Å². The normalized spacial score (nSPS) is 21.2. The summed E-state index contributed by atoms with van der Waals surface area (Å²) in [5.41, 5.74) is 0.830. The Morgan fingerprint density at radius 1 is 1.33 bits per heavy atom. The van der Waals surface area contributed by atoms with Crippen molar-refractivity contribution in [2.75, 3.05) is 18.0 Å². The molecule has 2 fully saturated rings. The first-order chi connectivity index (χ1) is 10.2. The summed E-state index contributed by atoms with van der Waals surface area (Å²) < 4.78 is 0. The number of rotatable bonds is 4. The van der Waals surface area contributed by atoms with Crippen molar-refractivity contribution in [1.29, 1.82) is 5.26 Å². The maximum atomic E-state index is 12.5. The van der Waals surface area contributed by atoms with Crippen LogP contribution in [0, 0.1) is 17.2 Å². The highest BCUT2D eigenvalue weighted by atomic mass is 16.2. The van der Waals surface area contributed by atoms with Crippen molar-refractivity contribution in [3.8, 4) is 6.07 Å². The first kappa shape index (κ1) is 13.6. The lowest BCUT2D eigenvalue weighted by molar-refractivity contribution is -0.135. The second kappa shape index (κ2) is 5.57. The predicted octanol–water partition coefficient (Wildman–Crippen LogP) is 1.55. The fourth-order valence-corrected chi connectivity index (χ4v) is 2.81. The average molecular weight is 283 g/mol. The van der Waals surface area contributed by atoms with Gasteiger partial charge in [0.1, 0.15) is 6.54 Å². The SMILES string of the molecule is N#CCN(C(=O)[C@H]1CC(=O)N(c2ccccc2)C1)C1CC1. The van der Waals surface area contributed by atoms with Crippen LogP contribution in [0.3, 0.4) is 0 Å². The van der Waals surface area contributed by atoms with Crippen molar-refractivity contribution in [2.24, 2.45) is 5.92 Å². The first-order valence-corrected chi connectivity index (χ1v) is 7.23. The van der Waals surface area contributed by atoms with Crippen molar-refractivity contribution >= 4 is 17.5 Å². The van der Waals surface area contributed by atoms with Crippen molar-refractivity contribution < 1.29 is 9.59 Å². The molecule has 1 saturated heterocycles. The number of benzene rings is 1. The Balaban J connectivity index is 1.72. The molecular weight excluding hydrogens is 266 g/mol. The molecule has 0 bridgehead atoms. The molecule has 108 valence electrons. The second-order valence-corrected chi connectivity index (χ2v) is 5.60. The smallest absolute Gasteiger partial charge is 0.229 e. The summed E-state index contributed by atoms with van der Waals surface area (Å²) >= 11 is 0. The summed E-state index contributed by atoms with van der Waals surface area (Å²) in [4.78, 5) is 28.0. The highest BCUT2D eigenvalue weighted by molar-refractivity contribution is 6.00. The molecule has 0 radical (unpaired) electrons. The Hall–Kier alpha value is -2.35. The molecule has 1 saturated carbocycles. The van der Waals surface area contributed by atoms with Gasteiger partial charge in [-0.1, -0.05) is 18.2 Å². The Morgan fingerprint density at radius 3 is 2.67 bits per heavy atom. The highest BCUT2D eigenvalue weighted by Gasteiger charge is 2.41. The number of anilines is 1. The van der Waals surface area contributed by atoms with Gasteiger partial charge in [-0.2, -0.15) is 5.26 Å². The Kier molecular flexibility index (Phi) is 3.61. The Bertz CT molecular complexity index is 589. The maximum absolute atomic E-state index is 12.5. The number of carbonyl (C=O) groups is 2. The monoisotopic (exact) mass is 283 g/mol. The van der Waals surface area contributed by atoms with Gasteiger partial charge in [-0.3, -0.25) is 9.59 Å². The number of nitrogens with zero attached hydrogens (tertiary/aromatic N) is 3. The van der Waals surface area contributed by atoms with E-state index in [4.69, 9.17) is 5.26 Å². The van der Waals surface area contributed by atoms with Gasteiger partial charge in [0.25, 0.3) is 0 Å². The van der Waals surface area contributed by atoms with Crippen LogP contribution in [0.4, 0.5) is 5.69 Å². The van der Waals surface area contributed by atoms with E-state index in [-0.39, 0.29) is 36.7 Å². The lowest BCUT2D eigenvalue weighted by Gasteiger charge is -2.23. The third-order valence-electron chi connectivity index (χ3n) is 4.05. The number of para-hydroxylation sites is 1. The molecule has 0 N–H and O–H groups in total. The zero-order valence-corrected chi connectivity index (χ0v) is 11.7. The van der Waals surface area contributed by atoms with Gasteiger partial charge < -0.3 is 9.80 Å². The third-order valence-corrected chi connectivity index (χ3v) is 4.05. The highest BCUT2D eigenvalue weighted by Crippen LogP contribution is 2.31. The van der Waals surface area contributed by atoms with E-state index >= 15 is 0 Å². The lowest BCUT2D eigenvalue weighted by atomic mass is 10.1. The summed E-state index contributed by atoms with van der Waals surface area (Å²) in [5.74, 6) is -0.398. The molecule has 1 heterocycles. The molecule has 0 spiro atoms. The van der Waals surface area contributed by atoms with Crippen LogP contribution in [0.5, 0.6) is 0 Å². The van der Waals surface area contributed by atoms with Crippen LogP contribution in [0.2, 0.25) is 0 Å². The van der Waals surface area contributed by atoms with Crippen LogP contribution in [0.15, 0.2) is 30.3 Å². The largest absolute Gasteiger partial charge is 0.326 e. The molecule has 5 heteroatoms. The average Bonchev–Trinajstić information content (AvgIpc) is 3.27. The van der Waals surface area contributed by atoms with E-state index in [2.05, 4.69) is 6.07 Å². The Labute approximate surface area is 123 Å². The zero-order chi connectivity index (χ0) is 14.8. The third kappa shape index (κ3) is 2.75. The fraction of sp³-hybridized carbons (Fsp3) is 0.438. The van der Waals surface area contributed by atoms with Crippen LogP contribution < -0.4 is 4.90 Å². The number of amides is 2. The molecule has 1 aromatic carbocycles. The molecule has 3 rings (SSSR count). The second-order valence-electron chi connectivity index (χ2n) is 5.60. The summed E-state index contributed by atoms with van der Waals surface area (Å²) in [7, 11) is 0. The summed E-state index contributed by atoms with van der Waals surface area (Å²) in [6, 6.07) is 11.7. The molecule has 1 atom stereocenters. The fourth-order valence-electron chi connectivity index (χ4n) is 2.81. The molecule has 1 aliphatic carbocycles. The number of hydrogen-bond acceptors (Lipinski definition) is 3. The minimum absolute atomic E-state index is 0.0211. The van der Waals surface area contributed by atoms with E-state index in [0.717, 1.165) is 18.5 Å². The summed E-state index contributed by atoms with van der Waals surface area (Å²) in [6.45, 7) is 0.538. The van der Waals surface area contributed by atoms with Gasteiger partial charge in [-0.25, -0.2) is 0 Å². The predicted molar refractivity (Wildman–Crippen MR) is 77.3 cm³/mol. The van der Waals surface area contributed by atoms with Crippen LogP contribution >= 0.6 is 0 Å². The molecule has 1 aliphatic heterocycles. The molecule has 0 aromatic heterocycles. The minimum Gasteiger partial charge on any atom is -0.326 e. The van der Waals surface area contributed by atoms with Crippen LogP contribution in [-0.4, -0.2) is 35.8 Å². The van der Waals surface area contributed by atoms with E-state index in [1.807, 2.05) is 30.3 Å². The zero-order valence-electron chi connectivity index (χ0n) is 11.7. The van der Waals surface area contributed by atoms with Crippen molar-refractivity contribution in [3.05, 3.63) is 30.3 Å². The van der Waals surface area contributed by atoms with Crippen LogP contribution in [-0.2, 0) is 9.59 Å². The molecular formula is C16H17N3O2. The molecule has 21 heavy (non-hydrogen) atoms. The standard InChI is InChI=1S/C16H17N3O2/c17-8-9-18(14-6-7-14)16(21)12-10-15(20)19(11-12)13-4-2-1-3-5-13/h1-5,12,14H,6-7,9-11H2/t12-/m0/s1. The van der Waals surface area contributed by atoms with Crippen molar-refractivity contribution in [1.82, 2.24) is 4.90 Å². The summed E-state index contributed by atoms with van der Waals surface area (Å²) in [5, 5.41) is 8.87. The minimum atomic E-state index is -0.327. The van der Waals surface area contributed by atoms with Gasteiger partial charge in [-0.05, 0) is 25.0 Å². The van der Waals surface area contributed by atoms with E-state index < -0.39 is 0 Å².